The van der Waals surface area contributed by atoms with E-state index in [0.29, 0.717) is 5.56 Å². The van der Waals surface area contributed by atoms with Crippen molar-refractivity contribution in [1.82, 2.24) is 0 Å². The lowest BCUT2D eigenvalue weighted by molar-refractivity contribution is 0.597. The predicted octanol–water partition coefficient (Wildman–Crippen LogP) is 2.20. The van der Waals surface area contributed by atoms with E-state index in [9.17, 15) is 8.42 Å². The number of benzene rings is 1. The molecule has 0 aromatic heterocycles. The highest BCUT2D eigenvalue weighted by molar-refractivity contribution is 7.98. The Morgan fingerprint density at radius 3 is 2.67 bits per heavy atom. The molecule has 0 aliphatic rings. The summed E-state index contributed by atoms with van der Waals surface area (Å²) in [5.41, 5.74) is 1.52. The third-order valence-corrected chi connectivity index (χ3v) is 4.43. The first kappa shape index (κ1) is 15.3. The topological polar surface area (TPSA) is 72.2 Å². The first-order chi connectivity index (χ1) is 8.46. The first-order valence-corrected chi connectivity index (χ1v) is 8.76. The molecule has 0 aliphatic heterocycles. The van der Waals surface area contributed by atoms with E-state index < -0.39 is 10.0 Å². The molecule has 0 bridgehead atoms. The van der Waals surface area contributed by atoms with Crippen LogP contribution in [0.4, 0.5) is 5.69 Å². The van der Waals surface area contributed by atoms with E-state index in [1.165, 1.54) is 6.07 Å². The van der Waals surface area contributed by atoms with E-state index in [0.717, 1.165) is 30.8 Å². The Bertz CT molecular complexity index is 487. The quantitative estimate of drug-likeness (QED) is 0.754. The Morgan fingerprint density at radius 1 is 1.33 bits per heavy atom. The molecular formula is C12H20N2O2S2. The maximum atomic E-state index is 11.4. The predicted molar refractivity (Wildman–Crippen MR) is 78.7 cm³/mol. The lowest BCUT2D eigenvalue weighted by Gasteiger charge is -2.12. The van der Waals surface area contributed by atoms with E-state index in [1.807, 2.05) is 17.8 Å². The fourth-order valence-electron chi connectivity index (χ4n) is 1.71. The standard InChI is InChI=1S/C12H20N2O2S2/c1-10-11(14-8-3-4-9-17-2)6-5-7-12(10)18(13,15)16/h5-7,14H,3-4,8-9H2,1-2H3,(H2,13,15,16). The summed E-state index contributed by atoms with van der Waals surface area (Å²) < 4.78 is 22.7. The second-order valence-electron chi connectivity index (χ2n) is 4.10. The molecule has 0 amide bonds. The van der Waals surface area contributed by atoms with Gasteiger partial charge < -0.3 is 5.32 Å². The summed E-state index contributed by atoms with van der Waals surface area (Å²) in [5, 5.41) is 8.42. The number of anilines is 1. The highest BCUT2D eigenvalue weighted by Gasteiger charge is 2.13. The number of nitrogens with one attached hydrogen (secondary N) is 1. The van der Waals surface area contributed by atoms with Gasteiger partial charge in [0.2, 0.25) is 10.0 Å². The zero-order chi connectivity index (χ0) is 13.6. The van der Waals surface area contributed by atoms with Crippen molar-refractivity contribution in [3.8, 4) is 0 Å². The summed E-state index contributed by atoms with van der Waals surface area (Å²) in [6.07, 6.45) is 4.31. The van der Waals surface area contributed by atoms with Gasteiger partial charge in [-0.15, -0.1) is 0 Å². The molecule has 0 atom stereocenters. The second-order valence-corrected chi connectivity index (χ2v) is 6.62. The van der Waals surface area contributed by atoms with Crippen molar-refractivity contribution in [1.29, 1.82) is 0 Å². The maximum absolute atomic E-state index is 11.4. The molecule has 0 aliphatic carbocycles. The number of thioether (sulfide) groups is 1. The Balaban J connectivity index is 2.67. The van der Waals surface area contributed by atoms with Crippen LogP contribution in [0, 0.1) is 6.92 Å². The lowest BCUT2D eigenvalue weighted by Crippen LogP contribution is -2.15. The Morgan fingerprint density at radius 2 is 2.06 bits per heavy atom. The van der Waals surface area contributed by atoms with Gasteiger partial charge in [0.25, 0.3) is 0 Å². The highest BCUT2D eigenvalue weighted by atomic mass is 32.2. The van der Waals surface area contributed by atoms with Gasteiger partial charge in [-0.05, 0) is 49.5 Å². The van der Waals surface area contributed by atoms with Crippen molar-refractivity contribution in [2.45, 2.75) is 24.7 Å². The minimum Gasteiger partial charge on any atom is -0.385 e. The molecule has 1 aromatic carbocycles. The van der Waals surface area contributed by atoms with Crippen molar-refractivity contribution in [2.24, 2.45) is 5.14 Å². The molecule has 6 heteroatoms. The number of hydrogen-bond acceptors (Lipinski definition) is 4. The van der Waals surface area contributed by atoms with Gasteiger partial charge >= 0.3 is 0 Å². The smallest absolute Gasteiger partial charge is 0.238 e. The van der Waals surface area contributed by atoms with Crippen LogP contribution in [0.3, 0.4) is 0 Å². The molecule has 1 rings (SSSR count). The molecule has 4 nitrogen and oxygen atoms in total. The molecule has 0 saturated heterocycles. The Hall–Kier alpha value is -0.720. The van der Waals surface area contributed by atoms with E-state index in [1.54, 1.807) is 13.0 Å². The zero-order valence-electron chi connectivity index (χ0n) is 10.8. The van der Waals surface area contributed by atoms with Crippen LogP contribution in [0.25, 0.3) is 0 Å². The lowest BCUT2D eigenvalue weighted by atomic mass is 10.2. The van der Waals surface area contributed by atoms with Gasteiger partial charge in [0.15, 0.2) is 0 Å². The molecule has 0 unspecified atom stereocenters. The minimum atomic E-state index is -3.64. The highest BCUT2D eigenvalue weighted by Crippen LogP contribution is 2.21. The average molecular weight is 288 g/mol. The average Bonchev–Trinajstić information content (AvgIpc) is 2.29. The summed E-state index contributed by atoms with van der Waals surface area (Å²) in [7, 11) is -3.64. The molecule has 18 heavy (non-hydrogen) atoms. The van der Waals surface area contributed by atoms with Crippen LogP contribution in [0.15, 0.2) is 23.1 Å². The van der Waals surface area contributed by atoms with Crippen molar-refractivity contribution < 1.29 is 8.42 Å². The summed E-state index contributed by atoms with van der Waals surface area (Å²) in [6, 6.07) is 5.11. The van der Waals surface area contributed by atoms with Gasteiger partial charge in [-0.1, -0.05) is 6.07 Å². The molecule has 3 N–H and O–H groups in total. The van der Waals surface area contributed by atoms with Gasteiger partial charge in [0.1, 0.15) is 0 Å². The van der Waals surface area contributed by atoms with E-state index >= 15 is 0 Å². The summed E-state index contributed by atoms with van der Waals surface area (Å²) >= 11 is 1.83. The molecular weight excluding hydrogens is 268 g/mol. The number of primary sulfonamides is 1. The van der Waals surface area contributed by atoms with Crippen LogP contribution in [0.1, 0.15) is 18.4 Å². The van der Waals surface area contributed by atoms with E-state index in [-0.39, 0.29) is 4.90 Å². The molecule has 0 saturated carbocycles. The third kappa shape index (κ3) is 4.51. The Labute approximate surface area is 113 Å². The largest absolute Gasteiger partial charge is 0.385 e. The van der Waals surface area contributed by atoms with Crippen LogP contribution in [0.2, 0.25) is 0 Å². The van der Waals surface area contributed by atoms with Crippen LogP contribution < -0.4 is 10.5 Å². The SMILES string of the molecule is CSCCCCNc1cccc(S(N)(=O)=O)c1C. The first-order valence-electron chi connectivity index (χ1n) is 5.82. The van der Waals surface area contributed by atoms with Crippen molar-refractivity contribution in [2.75, 3.05) is 23.9 Å². The number of rotatable bonds is 7. The van der Waals surface area contributed by atoms with Crippen molar-refractivity contribution in [3.05, 3.63) is 23.8 Å². The molecule has 102 valence electrons. The maximum Gasteiger partial charge on any atom is 0.238 e. The number of hydrogen-bond donors (Lipinski definition) is 2. The summed E-state index contributed by atoms with van der Waals surface area (Å²) in [6.45, 7) is 2.61. The zero-order valence-corrected chi connectivity index (χ0v) is 12.4. The van der Waals surface area contributed by atoms with Gasteiger partial charge in [0.05, 0.1) is 4.90 Å². The van der Waals surface area contributed by atoms with Crippen LogP contribution in [-0.2, 0) is 10.0 Å². The van der Waals surface area contributed by atoms with E-state index in [4.69, 9.17) is 5.14 Å². The fraction of sp³-hybridized carbons (Fsp3) is 0.500. The monoisotopic (exact) mass is 288 g/mol. The Kier molecular flexibility index (Phi) is 5.98. The van der Waals surface area contributed by atoms with Crippen molar-refractivity contribution in [3.63, 3.8) is 0 Å². The molecule has 1 aromatic rings. The van der Waals surface area contributed by atoms with Crippen molar-refractivity contribution >= 4 is 27.5 Å². The summed E-state index contributed by atoms with van der Waals surface area (Å²) in [5.74, 6) is 1.15. The molecule has 0 radical (unpaired) electrons. The van der Waals surface area contributed by atoms with Gasteiger partial charge in [-0.2, -0.15) is 11.8 Å². The molecule has 0 spiro atoms. The fourth-order valence-corrected chi connectivity index (χ4v) is 3.01. The number of nitrogens with two attached hydrogens (primary N) is 1. The van der Waals surface area contributed by atoms with Crippen LogP contribution in [0.5, 0.6) is 0 Å². The van der Waals surface area contributed by atoms with E-state index in [2.05, 4.69) is 11.6 Å². The molecule has 0 heterocycles. The van der Waals surface area contributed by atoms with Gasteiger partial charge in [-0.3, -0.25) is 0 Å². The number of unbranched alkanes of at least 4 members (excludes halogenated alkanes) is 1. The van der Waals surface area contributed by atoms with Gasteiger partial charge in [-0.25, -0.2) is 13.6 Å². The molecule has 0 fully saturated rings. The number of sulfonamides is 1. The second kappa shape index (κ2) is 7.01. The third-order valence-electron chi connectivity index (χ3n) is 2.68. The minimum absolute atomic E-state index is 0.191. The van der Waals surface area contributed by atoms with Crippen LogP contribution >= 0.6 is 11.8 Å². The van der Waals surface area contributed by atoms with Gasteiger partial charge in [0, 0.05) is 12.2 Å². The van der Waals surface area contributed by atoms with Crippen LogP contribution in [-0.4, -0.2) is 27.0 Å². The normalized spacial score (nSPS) is 11.5. The summed E-state index contributed by atoms with van der Waals surface area (Å²) in [4.78, 5) is 0.191.